The molecule has 1 aliphatic rings. The summed E-state index contributed by atoms with van der Waals surface area (Å²) in [5.41, 5.74) is 0. The topological polar surface area (TPSA) is 21.3 Å². The second-order valence-corrected chi connectivity index (χ2v) is 5.67. The van der Waals surface area contributed by atoms with E-state index in [2.05, 4.69) is 5.32 Å². The van der Waals surface area contributed by atoms with Gasteiger partial charge in [-0.25, -0.2) is 0 Å². The molecule has 19 heavy (non-hydrogen) atoms. The first-order chi connectivity index (χ1) is 8.89. The Morgan fingerprint density at radius 2 is 1.74 bits per heavy atom. The monoisotopic (exact) mass is 281 g/mol. The molecule has 0 aromatic rings. The molecule has 0 heterocycles. The molecular weight excluding hydrogens is 255 g/mol. The minimum absolute atomic E-state index is 0.268. The highest BCUT2D eigenvalue weighted by Gasteiger charge is 2.41. The Hall–Kier alpha value is -0.290. The largest absolute Gasteiger partial charge is 0.391 e. The zero-order valence-corrected chi connectivity index (χ0v) is 11.9. The minimum Gasteiger partial charge on any atom is -0.379 e. The van der Waals surface area contributed by atoms with Crippen LogP contribution >= 0.6 is 0 Å². The molecule has 0 aromatic carbocycles. The molecule has 0 atom stereocenters. The van der Waals surface area contributed by atoms with Crippen molar-refractivity contribution in [1.29, 1.82) is 0 Å². The molecule has 0 saturated heterocycles. The van der Waals surface area contributed by atoms with E-state index in [4.69, 9.17) is 4.74 Å². The van der Waals surface area contributed by atoms with Crippen molar-refractivity contribution in [3.8, 4) is 0 Å². The average Bonchev–Trinajstić information content (AvgIpc) is 2.32. The molecular formula is C14H26F3NO. The number of hydrogen-bond donors (Lipinski definition) is 1. The first-order valence-electron chi connectivity index (χ1n) is 7.31. The van der Waals surface area contributed by atoms with Gasteiger partial charge in [0.05, 0.1) is 12.0 Å². The van der Waals surface area contributed by atoms with Gasteiger partial charge in [0.15, 0.2) is 0 Å². The van der Waals surface area contributed by atoms with Crippen LogP contribution in [0.15, 0.2) is 0 Å². The third kappa shape index (κ3) is 7.16. The first-order valence-corrected chi connectivity index (χ1v) is 7.31. The van der Waals surface area contributed by atoms with E-state index < -0.39 is 12.1 Å². The standard InChI is InChI=1S/C14H26F3NO/c1-11(2)19-10-4-3-9-18-13-7-5-12(6-8-13)14(15,16)17/h11-13,18H,3-10H2,1-2H3. The van der Waals surface area contributed by atoms with Crippen LogP contribution in [0, 0.1) is 5.92 Å². The summed E-state index contributed by atoms with van der Waals surface area (Å²) in [6, 6.07) is 0.268. The second kappa shape index (κ2) is 8.10. The highest BCUT2D eigenvalue weighted by molar-refractivity contribution is 4.80. The first kappa shape index (κ1) is 16.8. The molecule has 114 valence electrons. The fraction of sp³-hybridized carbons (Fsp3) is 1.00. The lowest BCUT2D eigenvalue weighted by atomic mass is 9.85. The van der Waals surface area contributed by atoms with Gasteiger partial charge >= 0.3 is 6.18 Å². The van der Waals surface area contributed by atoms with Crippen LogP contribution in [0.1, 0.15) is 52.4 Å². The van der Waals surface area contributed by atoms with Gasteiger partial charge in [-0.1, -0.05) is 0 Å². The summed E-state index contributed by atoms with van der Waals surface area (Å²) in [5.74, 6) is -1.08. The molecule has 0 spiro atoms. The lowest BCUT2D eigenvalue weighted by Crippen LogP contribution is -2.37. The molecule has 1 rings (SSSR count). The Kier molecular flexibility index (Phi) is 7.15. The maximum absolute atomic E-state index is 12.5. The maximum atomic E-state index is 12.5. The summed E-state index contributed by atoms with van der Waals surface area (Å²) in [7, 11) is 0. The molecule has 0 amide bonds. The van der Waals surface area contributed by atoms with Crippen LogP contribution in [0.3, 0.4) is 0 Å². The summed E-state index contributed by atoms with van der Waals surface area (Å²) in [5, 5.41) is 3.36. The molecule has 2 nitrogen and oxygen atoms in total. The van der Waals surface area contributed by atoms with Crippen LogP contribution < -0.4 is 5.32 Å². The summed E-state index contributed by atoms with van der Waals surface area (Å²) in [4.78, 5) is 0. The quantitative estimate of drug-likeness (QED) is 0.715. The lowest BCUT2D eigenvalue weighted by molar-refractivity contribution is -0.182. The predicted molar refractivity (Wildman–Crippen MR) is 70.1 cm³/mol. The molecule has 0 radical (unpaired) electrons. The molecule has 1 N–H and O–H groups in total. The van der Waals surface area contributed by atoms with E-state index in [1.165, 1.54) is 0 Å². The summed E-state index contributed by atoms with van der Waals surface area (Å²) < 4.78 is 42.9. The van der Waals surface area contributed by atoms with Gasteiger partial charge in [0, 0.05) is 12.6 Å². The lowest BCUT2D eigenvalue weighted by Gasteiger charge is -2.30. The predicted octanol–water partition coefficient (Wildman–Crippen LogP) is 3.90. The third-order valence-electron chi connectivity index (χ3n) is 3.65. The molecule has 1 fully saturated rings. The Balaban J connectivity index is 2.01. The van der Waals surface area contributed by atoms with Crippen LogP contribution in [0.5, 0.6) is 0 Å². The SMILES string of the molecule is CC(C)OCCCCNC1CCC(C(F)(F)F)CC1. The molecule has 0 aromatic heterocycles. The Bertz CT molecular complexity index is 235. The van der Waals surface area contributed by atoms with Gasteiger partial charge in [0.1, 0.15) is 0 Å². The molecule has 1 saturated carbocycles. The average molecular weight is 281 g/mol. The van der Waals surface area contributed by atoms with Crippen molar-refractivity contribution in [2.24, 2.45) is 5.92 Å². The second-order valence-electron chi connectivity index (χ2n) is 5.67. The van der Waals surface area contributed by atoms with Crippen molar-refractivity contribution in [2.75, 3.05) is 13.2 Å². The zero-order valence-electron chi connectivity index (χ0n) is 11.9. The zero-order chi connectivity index (χ0) is 14.3. The van der Waals surface area contributed by atoms with Crippen molar-refractivity contribution in [2.45, 2.75) is 70.7 Å². The van der Waals surface area contributed by atoms with Crippen molar-refractivity contribution in [3.63, 3.8) is 0 Å². The molecule has 0 aliphatic heterocycles. The summed E-state index contributed by atoms with van der Waals surface area (Å²) in [6.07, 6.45) is 0.133. The van der Waals surface area contributed by atoms with Gasteiger partial charge < -0.3 is 10.1 Å². The summed E-state index contributed by atoms with van der Waals surface area (Å²) >= 11 is 0. The number of unbranched alkanes of at least 4 members (excludes halogenated alkanes) is 1. The van der Waals surface area contributed by atoms with E-state index in [1.807, 2.05) is 13.8 Å². The van der Waals surface area contributed by atoms with Gasteiger partial charge in [0.2, 0.25) is 0 Å². The fourth-order valence-electron chi connectivity index (χ4n) is 2.48. The maximum Gasteiger partial charge on any atom is 0.391 e. The van der Waals surface area contributed by atoms with Gasteiger partial charge in [0.25, 0.3) is 0 Å². The van der Waals surface area contributed by atoms with Gasteiger partial charge in [-0.15, -0.1) is 0 Å². The highest BCUT2D eigenvalue weighted by Crippen LogP contribution is 2.37. The van der Waals surface area contributed by atoms with E-state index in [9.17, 15) is 13.2 Å². The number of ether oxygens (including phenoxy) is 1. The van der Waals surface area contributed by atoms with E-state index >= 15 is 0 Å². The van der Waals surface area contributed by atoms with Crippen LogP contribution in [0.2, 0.25) is 0 Å². The van der Waals surface area contributed by atoms with Gasteiger partial charge in [-0.05, 0) is 58.9 Å². The van der Waals surface area contributed by atoms with Crippen LogP contribution in [0.25, 0.3) is 0 Å². The van der Waals surface area contributed by atoms with Crippen molar-refractivity contribution < 1.29 is 17.9 Å². The van der Waals surface area contributed by atoms with Gasteiger partial charge in [-0.2, -0.15) is 13.2 Å². The number of rotatable bonds is 7. The van der Waals surface area contributed by atoms with E-state index in [0.717, 1.165) is 26.0 Å². The summed E-state index contributed by atoms with van der Waals surface area (Å²) in [6.45, 7) is 5.66. The minimum atomic E-state index is -4.00. The Labute approximate surface area is 114 Å². The van der Waals surface area contributed by atoms with Gasteiger partial charge in [-0.3, -0.25) is 0 Å². The molecule has 0 unspecified atom stereocenters. The molecule has 1 aliphatic carbocycles. The van der Waals surface area contributed by atoms with E-state index in [1.54, 1.807) is 0 Å². The van der Waals surface area contributed by atoms with E-state index in [0.29, 0.717) is 12.8 Å². The van der Waals surface area contributed by atoms with Crippen LogP contribution in [0.4, 0.5) is 13.2 Å². The number of hydrogen-bond acceptors (Lipinski definition) is 2. The normalized spacial score (nSPS) is 24.9. The van der Waals surface area contributed by atoms with E-state index in [-0.39, 0.29) is 25.0 Å². The Morgan fingerprint density at radius 1 is 1.11 bits per heavy atom. The highest BCUT2D eigenvalue weighted by atomic mass is 19.4. The van der Waals surface area contributed by atoms with Crippen LogP contribution in [-0.4, -0.2) is 31.5 Å². The third-order valence-corrected chi connectivity index (χ3v) is 3.65. The van der Waals surface area contributed by atoms with Crippen LogP contribution in [-0.2, 0) is 4.74 Å². The molecule has 5 heteroatoms. The van der Waals surface area contributed by atoms with Crippen molar-refractivity contribution >= 4 is 0 Å². The smallest absolute Gasteiger partial charge is 0.379 e. The molecule has 0 bridgehead atoms. The fourth-order valence-corrected chi connectivity index (χ4v) is 2.48. The Morgan fingerprint density at radius 3 is 2.26 bits per heavy atom. The number of alkyl halides is 3. The number of nitrogens with one attached hydrogen (secondary N) is 1. The number of halogens is 3. The van der Waals surface area contributed by atoms with Crippen molar-refractivity contribution in [1.82, 2.24) is 5.32 Å². The van der Waals surface area contributed by atoms with Crippen molar-refractivity contribution in [3.05, 3.63) is 0 Å².